The van der Waals surface area contributed by atoms with E-state index >= 15 is 0 Å². The van der Waals surface area contributed by atoms with Crippen LogP contribution in [0.1, 0.15) is 27.7 Å². The molecule has 0 spiro atoms. The van der Waals surface area contributed by atoms with Gasteiger partial charge < -0.3 is 40.2 Å². The summed E-state index contributed by atoms with van der Waals surface area (Å²) in [6.07, 6.45) is 0. The van der Waals surface area contributed by atoms with Crippen molar-refractivity contribution in [3.63, 3.8) is 0 Å². The van der Waals surface area contributed by atoms with Crippen molar-refractivity contribution in [2.75, 3.05) is 47.7 Å². The smallest absolute Gasteiger partial charge is 0.175 e. The largest absolute Gasteiger partial charge is 0.494 e. The van der Waals surface area contributed by atoms with Crippen LogP contribution in [-0.4, -0.2) is 36.7 Å². The highest BCUT2D eigenvalue weighted by Crippen LogP contribution is 2.19. The Hall–Kier alpha value is -4.19. The molecule has 4 rings (SSSR count). The van der Waals surface area contributed by atoms with E-state index < -0.39 is 0 Å². The summed E-state index contributed by atoms with van der Waals surface area (Å²) in [6.45, 7) is 10.5. The van der Waals surface area contributed by atoms with Crippen molar-refractivity contribution in [3.05, 3.63) is 97.1 Å². The van der Waals surface area contributed by atoms with Gasteiger partial charge in [-0.3, -0.25) is 0 Å². The first kappa shape index (κ1) is 37.0. The number of hydrogen-bond acceptors (Lipinski definition) is 6. The molecule has 0 amide bonds. The highest BCUT2D eigenvalue weighted by molar-refractivity contribution is 7.81. The van der Waals surface area contributed by atoms with Crippen LogP contribution in [0.15, 0.2) is 97.1 Å². The molecule has 0 aliphatic rings. The minimum absolute atomic E-state index is 0. The highest BCUT2D eigenvalue weighted by Gasteiger charge is 2.02. The minimum atomic E-state index is 0. The summed E-state index contributed by atoms with van der Waals surface area (Å²) in [4.78, 5) is 0. The number of benzene rings is 4. The van der Waals surface area contributed by atoms with Gasteiger partial charge in [-0.25, -0.2) is 0 Å². The Kier molecular flexibility index (Phi) is 17.0. The Balaban J connectivity index is 0.000000307. The summed E-state index contributed by atoms with van der Waals surface area (Å²) in [7, 11) is 0. The topological polar surface area (TPSA) is 85.0 Å². The zero-order valence-electron chi connectivity index (χ0n) is 26.0. The van der Waals surface area contributed by atoms with Gasteiger partial charge in [0.25, 0.3) is 0 Å². The van der Waals surface area contributed by atoms with Gasteiger partial charge in [-0.1, -0.05) is 0 Å². The summed E-state index contributed by atoms with van der Waals surface area (Å²) >= 11 is 10.6. The molecule has 0 heterocycles. The molecule has 4 aromatic carbocycles. The fraction of sp³-hybridized carbons (Fsp3) is 0.235. The average Bonchev–Trinajstić information content (AvgIpc) is 3.02. The van der Waals surface area contributed by atoms with E-state index in [4.69, 9.17) is 43.4 Å². The third-order valence-corrected chi connectivity index (χ3v) is 6.10. The molecule has 0 atom stereocenters. The second kappa shape index (κ2) is 20.7. The molecule has 8 nitrogen and oxygen atoms in total. The summed E-state index contributed by atoms with van der Waals surface area (Å²) in [5.41, 5.74) is 3.64. The van der Waals surface area contributed by atoms with Gasteiger partial charge in [0.1, 0.15) is 23.0 Å². The van der Waals surface area contributed by atoms with Crippen LogP contribution in [-0.2, 0) is 0 Å². The standard InChI is InChI=1S/2C17H20N2O2S.H2S/c2*1-3-20-15-9-5-13(6-10-15)18-17(22)19-14-7-11-16(12-8-14)21-4-2;/h2*5-12H,3-4H2,1-2H3,(H2,18,19,22);1H2. The molecule has 45 heavy (non-hydrogen) atoms. The van der Waals surface area contributed by atoms with E-state index in [0.717, 1.165) is 45.7 Å². The van der Waals surface area contributed by atoms with Crippen LogP contribution < -0.4 is 40.2 Å². The predicted octanol–water partition coefficient (Wildman–Crippen LogP) is 8.70. The normalized spacial score (nSPS) is 9.69. The van der Waals surface area contributed by atoms with Crippen molar-refractivity contribution in [2.45, 2.75) is 27.7 Å². The van der Waals surface area contributed by atoms with Crippen molar-refractivity contribution >= 4 is 70.9 Å². The van der Waals surface area contributed by atoms with Crippen LogP contribution in [0.5, 0.6) is 23.0 Å². The second-order valence-electron chi connectivity index (χ2n) is 8.99. The molecule has 4 aromatic rings. The SMILES string of the molecule is CCOc1ccc(NC(=S)Nc2ccc(OCC)cc2)cc1.CCOc1ccc(NC(=S)Nc2ccc(OCC)cc2)cc1.S. The molecule has 4 N–H and O–H groups in total. The number of anilines is 4. The van der Waals surface area contributed by atoms with Gasteiger partial charge in [-0.05, 0) is 149 Å². The number of nitrogens with one attached hydrogen (secondary N) is 4. The Morgan fingerprint density at radius 2 is 0.578 bits per heavy atom. The van der Waals surface area contributed by atoms with Gasteiger partial charge >= 0.3 is 0 Å². The van der Waals surface area contributed by atoms with Crippen molar-refractivity contribution in [1.29, 1.82) is 0 Å². The van der Waals surface area contributed by atoms with Crippen LogP contribution in [0.25, 0.3) is 0 Å². The quantitative estimate of drug-likeness (QED) is 0.110. The van der Waals surface area contributed by atoms with Gasteiger partial charge in [-0.15, -0.1) is 0 Å². The summed E-state index contributed by atoms with van der Waals surface area (Å²) in [6, 6.07) is 30.7. The molecule has 0 aromatic heterocycles. The minimum Gasteiger partial charge on any atom is -0.494 e. The molecular weight excluding hydrogens is 625 g/mol. The van der Waals surface area contributed by atoms with Gasteiger partial charge in [0.15, 0.2) is 10.2 Å². The van der Waals surface area contributed by atoms with Crippen LogP contribution in [0.3, 0.4) is 0 Å². The van der Waals surface area contributed by atoms with Crippen LogP contribution in [0, 0.1) is 0 Å². The lowest BCUT2D eigenvalue weighted by Crippen LogP contribution is -2.18. The van der Waals surface area contributed by atoms with E-state index in [1.807, 2.05) is 125 Å². The Bertz CT molecular complexity index is 1200. The second-order valence-corrected chi connectivity index (χ2v) is 9.80. The zero-order chi connectivity index (χ0) is 31.6. The van der Waals surface area contributed by atoms with E-state index in [-0.39, 0.29) is 13.5 Å². The Morgan fingerprint density at radius 1 is 0.400 bits per heavy atom. The fourth-order valence-electron chi connectivity index (χ4n) is 3.79. The monoisotopic (exact) mass is 666 g/mol. The maximum absolute atomic E-state index is 5.40. The number of ether oxygens (including phenoxy) is 4. The summed E-state index contributed by atoms with van der Waals surface area (Å²) in [5, 5.41) is 13.6. The Morgan fingerprint density at radius 3 is 0.733 bits per heavy atom. The number of thiocarbonyl (C=S) groups is 2. The van der Waals surface area contributed by atoms with Crippen LogP contribution >= 0.6 is 37.9 Å². The maximum atomic E-state index is 5.40. The van der Waals surface area contributed by atoms with Crippen molar-refractivity contribution in [2.24, 2.45) is 0 Å². The molecule has 11 heteroatoms. The number of hydrogen-bond donors (Lipinski definition) is 4. The lowest BCUT2D eigenvalue weighted by Gasteiger charge is -2.12. The zero-order valence-corrected chi connectivity index (χ0v) is 28.6. The van der Waals surface area contributed by atoms with Crippen molar-refractivity contribution in [3.8, 4) is 23.0 Å². The lowest BCUT2D eigenvalue weighted by atomic mass is 10.3. The molecule has 240 valence electrons. The average molecular weight is 667 g/mol. The van der Waals surface area contributed by atoms with E-state index in [0.29, 0.717) is 36.7 Å². The molecule has 0 saturated heterocycles. The van der Waals surface area contributed by atoms with Crippen LogP contribution in [0.2, 0.25) is 0 Å². The molecule has 0 unspecified atom stereocenters. The van der Waals surface area contributed by atoms with Crippen molar-refractivity contribution in [1.82, 2.24) is 0 Å². The van der Waals surface area contributed by atoms with Crippen LogP contribution in [0.4, 0.5) is 22.7 Å². The molecule has 0 aliphatic carbocycles. The first-order valence-electron chi connectivity index (χ1n) is 14.5. The summed E-state index contributed by atoms with van der Waals surface area (Å²) in [5.74, 6) is 3.38. The molecule has 0 saturated carbocycles. The molecule has 0 radical (unpaired) electrons. The van der Waals surface area contributed by atoms with E-state index in [1.54, 1.807) is 0 Å². The summed E-state index contributed by atoms with van der Waals surface area (Å²) < 4.78 is 21.6. The predicted molar refractivity (Wildman–Crippen MR) is 201 cm³/mol. The van der Waals surface area contributed by atoms with Crippen molar-refractivity contribution < 1.29 is 18.9 Å². The highest BCUT2D eigenvalue weighted by atomic mass is 32.1. The van der Waals surface area contributed by atoms with E-state index in [1.165, 1.54) is 0 Å². The van der Waals surface area contributed by atoms with Gasteiger partial charge in [0, 0.05) is 22.7 Å². The molecule has 0 fully saturated rings. The Labute approximate surface area is 284 Å². The molecular formula is C34H42N4O4S3. The van der Waals surface area contributed by atoms with E-state index in [2.05, 4.69) is 21.3 Å². The third-order valence-electron chi connectivity index (χ3n) is 5.69. The lowest BCUT2D eigenvalue weighted by molar-refractivity contribution is 0.340. The fourth-order valence-corrected chi connectivity index (χ4v) is 4.26. The van der Waals surface area contributed by atoms with Gasteiger partial charge in [0.05, 0.1) is 26.4 Å². The molecule has 0 aliphatic heterocycles. The van der Waals surface area contributed by atoms with E-state index in [9.17, 15) is 0 Å². The van der Waals surface area contributed by atoms with Gasteiger partial charge in [-0.2, -0.15) is 13.5 Å². The number of rotatable bonds is 12. The first-order chi connectivity index (χ1) is 21.4. The third kappa shape index (κ3) is 14.0. The maximum Gasteiger partial charge on any atom is 0.175 e. The molecule has 0 bridgehead atoms. The first-order valence-corrected chi connectivity index (χ1v) is 15.3. The van der Waals surface area contributed by atoms with Gasteiger partial charge in [0.2, 0.25) is 0 Å².